The summed E-state index contributed by atoms with van der Waals surface area (Å²) in [5.41, 5.74) is 4.20. The first-order chi connectivity index (χ1) is 14.5. The monoisotopic (exact) mass is 445 g/mol. The SMILES string of the molecule is CCCn1c(SCc2ccc(C)cc2)nc2cc(S(=O)(=O)N3CCOCC3)ccc21. The number of hydrogen-bond acceptors (Lipinski definition) is 5. The van der Waals surface area contributed by atoms with Gasteiger partial charge in [0.05, 0.1) is 29.1 Å². The van der Waals surface area contributed by atoms with Gasteiger partial charge in [-0.3, -0.25) is 0 Å². The number of ether oxygens (including phenoxy) is 1. The van der Waals surface area contributed by atoms with Gasteiger partial charge in [0.2, 0.25) is 10.0 Å². The van der Waals surface area contributed by atoms with Crippen molar-refractivity contribution in [1.29, 1.82) is 0 Å². The van der Waals surface area contributed by atoms with E-state index in [2.05, 4.69) is 42.7 Å². The lowest BCUT2D eigenvalue weighted by Crippen LogP contribution is -2.40. The number of benzene rings is 2. The van der Waals surface area contributed by atoms with E-state index in [1.165, 1.54) is 15.4 Å². The summed E-state index contributed by atoms with van der Waals surface area (Å²) in [4.78, 5) is 5.10. The highest BCUT2D eigenvalue weighted by atomic mass is 32.2. The lowest BCUT2D eigenvalue weighted by atomic mass is 10.2. The molecule has 0 N–H and O–H groups in total. The molecule has 1 aliphatic rings. The highest BCUT2D eigenvalue weighted by Crippen LogP contribution is 2.29. The number of rotatable bonds is 7. The predicted octanol–water partition coefficient (Wildman–Crippen LogP) is 4.07. The fourth-order valence-electron chi connectivity index (χ4n) is 3.57. The number of nitrogens with zero attached hydrogens (tertiary/aromatic N) is 3. The Morgan fingerprint density at radius 1 is 1.10 bits per heavy atom. The number of fused-ring (bicyclic) bond motifs is 1. The molecule has 2 heterocycles. The molecule has 0 unspecified atom stereocenters. The lowest BCUT2D eigenvalue weighted by molar-refractivity contribution is 0.0730. The molecule has 8 heteroatoms. The highest BCUT2D eigenvalue weighted by molar-refractivity contribution is 7.98. The van der Waals surface area contributed by atoms with E-state index in [-0.39, 0.29) is 0 Å². The Labute approximate surface area is 182 Å². The van der Waals surface area contributed by atoms with Gasteiger partial charge in [-0.1, -0.05) is 48.5 Å². The molecular formula is C22H27N3O3S2. The van der Waals surface area contributed by atoms with Crippen LogP contribution < -0.4 is 0 Å². The van der Waals surface area contributed by atoms with Crippen LogP contribution >= 0.6 is 11.8 Å². The molecule has 0 atom stereocenters. The van der Waals surface area contributed by atoms with Crippen molar-refractivity contribution in [2.45, 2.75) is 42.6 Å². The summed E-state index contributed by atoms with van der Waals surface area (Å²) in [6, 6.07) is 13.8. The van der Waals surface area contributed by atoms with Crippen molar-refractivity contribution >= 4 is 32.8 Å². The molecule has 1 fully saturated rings. The summed E-state index contributed by atoms with van der Waals surface area (Å²) in [6.07, 6.45) is 0.984. The van der Waals surface area contributed by atoms with Crippen LogP contribution in [0.4, 0.5) is 0 Å². The molecule has 3 aromatic rings. The predicted molar refractivity (Wildman–Crippen MR) is 120 cm³/mol. The largest absolute Gasteiger partial charge is 0.379 e. The number of aromatic nitrogens is 2. The van der Waals surface area contributed by atoms with Crippen LogP contribution in [0.1, 0.15) is 24.5 Å². The number of imidazole rings is 1. The average Bonchev–Trinajstić information content (AvgIpc) is 3.11. The zero-order valence-electron chi connectivity index (χ0n) is 17.4. The Hall–Kier alpha value is -1.87. The van der Waals surface area contributed by atoms with Gasteiger partial charge in [0.15, 0.2) is 5.16 Å². The van der Waals surface area contributed by atoms with Crippen molar-refractivity contribution < 1.29 is 13.2 Å². The van der Waals surface area contributed by atoms with Crippen LogP contribution in [0, 0.1) is 6.92 Å². The first-order valence-corrected chi connectivity index (χ1v) is 12.7. The van der Waals surface area contributed by atoms with E-state index in [0.29, 0.717) is 31.2 Å². The average molecular weight is 446 g/mol. The van der Waals surface area contributed by atoms with Gasteiger partial charge in [0, 0.05) is 25.4 Å². The van der Waals surface area contributed by atoms with Gasteiger partial charge in [-0.05, 0) is 37.1 Å². The quantitative estimate of drug-likeness (QED) is 0.513. The van der Waals surface area contributed by atoms with Crippen molar-refractivity contribution in [3.05, 3.63) is 53.6 Å². The Morgan fingerprint density at radius 2 is 1.83 bits per heavy atom. The Morgan fingerprint density at radius 3 is 2.53 bits per heavy atom. The second-order valence-electron chi connectivity index (χ2n) is 7.49. The van der Waals surface area contributed by atoms with Crippen molar-refractivity contribution in [3.63, 3.8) is 0 Å². The standard InChI is InChI=1S/C22H27N3O3S2/c1-3-10-25-21-9-8-19(30(26,27)24-11-13-28-14-12-24)15-20(21)23-22(25)29-16-18-6-4-17(2)5-7-18/h4-9,15H,3,10-14,16H2,1-2H3. The molecule has 1 aliphatic heterocycles. The Kier molecular flexibility index (Phi) is 6.48. The summed E-state index contributed by atoms with van der Waals surface area (Å²) in [6.45, 7) is 6.73. The van der Waals surface area contributed by atoms with Crippen molar-refractivity contribution in [2.24, 2.45) is 0 Å². The molecule has 6 nitrogen and oxygen atoms in total. The van der Waals surface area contributed by atoms with Crippen molar-refractivity contribution in [3.8, 4) is 0 Å². The van der Waals surface area contributed by atoms with E-state index in [1.54, 1.807) is 23.9 Å². The van der Waals surface area contributed by atoms with Gasteiger partial charge in [0.25, 0.3) is 0 Å². The minimum atomic E-state index is -3.53. The summed E-state index contributed by atoms with van der Waals surface area (Å²) in [5, 5.41) is 0.924. The number of morpholine rings is 1. The van der Waals surface area contributed by atoms with Gasteiger partial charge in [-0.25, -0.2) is 13.4 Å². The zero-order valence-corrected chi connectivity index (χ0v) is 19.0. The molecule has 0 spiro atoms. The summed E-state index contributed by atoms with van der Waals surface area (Å²) in [5.74, 6) is 0.826. The first-order valence-electron chi connectivity index (χ1n) is 10.3. The van der Waals surface area contributed by atoms with Crippen LogP contribution in [0.3, 0.4) is 0 Å². The minimum absolute atomic E-state index is 0.299. The molecule has 160 valence electrons. The Balaban J connectivity index is 1.64. The third-order valence-corrected chi connectivity index (χ3v) is 8.17. The van der Waals surface area contributed by atoms with E-state index in [9.17, 15) is 8.42 Å². The molecule has 0 radical (unpaired) electrons. The molecule has 1 aromatic heterocycles. The third-order valence-electron chi connectivity index (χ3n) is 5.23. The highest BCUT2D eigenvalue weighted by Gasteiger charge is 2.27. The first kappa shape index (κ1) is 21.4. The van der Waals surface area contributed by atoms with E-state index in [4.69, 9.17) is 9.72 Å². The van der Waals surface area contributed by atoms with Gasteiger partial charge in [0.1, 0.15) is 0 Å². The number of hydrogen-bond donors (Lipinski definition) is 0. The van der Waals surface area contributed by atoms with E-state index < -0.39 is 10.0 Å². The summed E-state index contributed by atoms with van der Waals surface area (Å²) >= 11 is 1.69. The van der Waals surface area contributed by atoms with Gasteiger partial charge in [-0.2, -0.15) is 4.31 Å². The van der Waals surface area contributed by atoms with Crippen LogP contribution in [0.5, 0.6) is 0 Å². The van der Waals surface area contributed by atoms with Crippen LogP contribution in [-0.2, 0) is 27.1 Å². The molecule has 0 bridgehead atoms. The van der Waals surface area contributed by atoms with E-state index >= 15 is 0 Å². The van der Waals surface area contributed by atoms with Gasteiger partial charge in [-0.15, -0.1) is 0 Å². The molecule has 0 saturated carbocycles. The molecular weight excluding hydrogens is 418 g/mol. The fourth-order valence-corrected chi connectivity index (χ4v) is 5.99. The van der Waals surface area contributed by atoms with Crippen LogP contribution in [0.25, 0.3) is 11.0 Å². The third kappa shape index (κ3) is 4.42. The van der Waals surface area contributed by atoms with E-state index in [0.717, 1.165) is 34.9 Å². The molecule has 0 amide bonds. The molecule has 1 saturated heterocycles. The van der Waals surface area contributed by atoms with Crippen LogP contribution in [0.15, 0.2) is 52.5 Å². The van der Waals surface area contributed by atoms with Crippen LogP contribution in [0.2, 0.25) is 0 Å². The topological polar surface area (TPSA) is 64.4 Å². The van der Waals surface area contributed by atoms with E-state index in [1.807, 2.05) is 6.07 Å². The van der Waals surface area contributed by atoms with Gasteiger partial charge < -0.3 is 9.30 Å². The lowest BCUT2D eigenvalue weighted by Gasteiger charge is -2.26. The molecule has 0 aliphatic carbocycles. The summed E-state index contributed by atoms with van der Waals surface area (Å²) in [7, 11) is -3.53. The van der Waals surface area contributed by atoms with Crippen LogP contribution in [-0.4, -0.2) is 48.6 Å². The molecule has 2 aromatic carbocycles. The molecule has 4 rings (SSSR count). The maximum atomic E-state index is 13.0. The van der Waals surface area contributed by atoms with Crippen molar-refractivity contribution in [2.75, 3.05) is 26.3 Å². The number of thioether (sulfide) groups is 1. The maximum Gasteiger partial charge on any atom is 0.243 e. The van der Waals surface area contributed by atoms with Crippen molar-refractivity contribution in [1.82, 2.24) is 13.9 Å². The number of aryl methyl sites for hydroxylation is 2. The summed E-state index contributed by atoms with van der Waals surface area (Å²) < 4.78 is 35.0. The second kappa shape index (κ2) is 9.09. The normalized spacial score (nSPS) is 15.7. The Bertz CT molecular complexity index is 1120. The maximum absolute atomic E-state index is 13.0. The zero-order chi connectivity index (χ0) is 21.1. The van der Waals surface area contributed by atoms with Gasteiger partial charge >= 0.3 is 0 Å². The molecule has 30 heavy (non-hydrogen) atoms. The second-order valence-corrected chi connectivity index (χ2v) is 10.4. The minimum Gasteiger partial charge on any atom is -0.379 e. The smallest absolute Gasteiger partial charge is 0.243 e. The number of sulfonamides is 1. The fraction of sp³-hybridized carbons (Fsp3) is 0.409.